The van der Waals surface area contributed by atoms with Gasteiger partial charge in [0.15, 0.2) is 17.5 Å². The maximum Gasteiger partial charge on any atom is 0.257 e. The van der Waals surface area contributed by atoms with Gasteiger partial charge in [-0.3, -0.25) is 9.59 Å². The summed E-state index contributed by atoms with van der Waals surface area (Å²) < 4.78 is 40.6. The van der Waals surface area contributed by atoms with E-state index in [2.05, 4.69) is 20.8 Å². The lowest BCUT2D eigenvalue weighted by Gasteiger charge is -2.23. The largest absolute Gasteiger partial charge is 0.337 e. The first-order chi connectivity index (χ1) is 14.1. The summed E-state index contributed by atoms with van der Waals surface area (Å²) >= 11 is 0. The lowest BCUT2D eigenvalue weighted by Crippen LogP contribution is -2.37. The van der Waals surface area contributed by atoms with Gasteiger partial charge in [0, 0.05) is 31.7 Å². The number of halogens is 3. The topological polar surface area (TPSA) is 40.6 Å². The van der Waals surface area contributed by atoms with Crippen LogP contribution in [-0.4, -0.2) is 47.8 Å². The van der Waals surface area contributed by atoms with Crippen molar-refractivity contribution in [3.63, 3.8) is 0 Å². The summed E-state index contributed by atoms with van der Waals surface area (Å²) in [4.78, 5) is 28.5. The van der Waals surface area contributed by atoms with Crippen molar-refractivity contribution in [2.75, 3.05) is 26.2 Å². The highest BCUT2D eigenvalue weighted by molar-refractivity contribution is 5.95. The molecular formula is C23H25F3N2O2. The van der Waals surface area contributed by atoms with Crippen molar-refractivity contribution in [2.45, 2.75) is 32.6 Å². The van der Waals surface area contributed by atoms with Crippen molar-refractivity contribution >= 4 is 11.8 Å². The number of hydrogen-bond donors (Lipinski definition) is 0. The van der Waals surface area contributed by atoms with E-state index in [1.165, 1.54) is 4.90 Å². The zero-order chi connectivity index (χ0) is 22.1. The summed E-state index contributed by atoms with van der Waals surface area (Å²) in [5.41, 5.74) is 1.17. The van der Waals surface area contributed by atoms with Crippen LogP contribution in [0.5, 0.6) is 0 Å². The fourth-order valence-electron chi connectivity index (χ4n) is 3.48. The number of hydrogen-bond acceptors (Lipinski definition) is 2. The van der Waals surface area contributed by atoms with Gasteiger partial charge in [0.2, 0.25) is 0 Å². The van der Waals surface area contributed by atoms with E-state index < -0.39 is 28.9 Å². The Bertz CT molecular complexity index is 952. The van der Waals surface area contributed by atoms with Crippen LogP contribution in [0.4, 0.5) is 13.2 Å². The second kappa shape index (κ2) is 8.50. The lowest BCUT2D eigenvalue weighted by atomic mass is 9.86. The van der Waals surface area contributed by atoms with Crippen LogP contribution in [0.15, 0.2) is 36.4 Å². The molecule has 0 bridgehead atoms. The summed E-state index contributed by atoms with van der Waals surface area (Å²) in [5, 5.41) is 0. The van der Waals surface area contributed by atoms with Crippen LogP contribution in [0.25, 0.3) is 0 Å². The number of benzene rings is 2. The van der Waals surface area contributed by atoms with Crippen LogP contribution in [0.1, 0.15) is 53.5 Å². The minimum Gasteiger partial charge on any atom is -0.337 e. The Kier molecular flexibility index (Phi) is 6.19. The van der Waals surface area contributed by atoms with E-state index in [0.717, 1.165) is 17.7 Å². The molecule has 0 aromatic heterocycles. The molecule has 30 heavy (non-hydrogen) atoms. The fourth-order valence-corrected chi connectivity index (χ4v) is 3.48. The quantitative estimate of drug-likeness (QED) is 0.679. The molecule has 2 aromatic carbocycles. The van der Waals surface area contributed by atoms with Gasteiger partial charge in [0.1, 0.15) is 0 Å². The smallest absolute Gasteiger partial charge is 0.257 e. The molecule has 7 heteroatoms. The molecule has 0 spiro atoms. The van der Waals surface area contributed by atoms with Gasteiger partial charge in [-0.1, -0.05) is 32.9 Å². The summed E-state index contributed by atoms with van der Waals surface area (Å²) in [6, 6.07) is 9.15. The van der Waals surface area contributed by atoms with Gasteiger partial charge in [0.25, 0.3) is 11.8 Å². The molecule has 4 nitrogen and oxygen atoms in total. The average molecular weight is 418 g/mol. The molecule has 0 radical (unpaired) electrons. The highest BCUT2D eigenvalue weighted by Gasteiger charge is 2.27. The molecule has 0 N–H and O–H groups in total. The first kappa shape index (κ1) is 21.9. The number of nitrogens with zero attached hydrogens (tertiary/aromatic N) is 2. The van der Waals surface area contributed by atoms with E-state index in [1.54, 1.807) is 17.0 Å². The fraction of sp³-hybridized carbons (Fsp3) is 0.391. The Morgan fingerprint density at radius 3 is 1.90 bits per heavy atom. The van der Waals surface area contributed by atoms with E-state index in [-0.39, 0.29) is 24.4 Å². The maximum absolute atomic E-state index is 14.0. The first-order valence-electron chi connectivity index (χ1n) is 9.92. The molecule has 1 aliphatic rings. The molecule has 1 heterocycles. The molecule has 0 unspecified atom stereocenters. The van der Waals surface area contributed by atoms with Gasteiger partial charge in [0.05, 0.1) is 5.56 Å². The van der Waals surface area contributed by atoms with Gasteiger partial charge in [-0.25, -0.2) is 13.2 Å². The Morgan fingerprint density at radius 1 is 0.767 bits per heavy atom. The normalized spacial score (nSPS) is 15.1. The molecule has 3 rings (SSSR count). The van der Waals surface area contributed by atoms with E-state index >= 15 is 0 Å². The van der Waals surface area contributed by atoms with Crippen molar-refractivity contribution in [1.29, 1.82) is 0 Å². The highest BCUT2D eigenvalue weighted by atomic mass is 19.2. The van der Waals surface area contributed by atoms with Gasteiger partial charge >= 0.3 is 0 Å². The average Bonchev–Trinajstić information content (AvgIpc) is 2.97. The van der Waals surface area contributed by atoms with Crippen LogP contribution >= 0.6 is 0 Å². The molecule has 2 aromatic rings. The minimum absolute atomic E-state index is 0.0137. The summed E-state index contributed by atoms with van der Waals surface area (Å²) in [5.74, 6) is -5.34. The maximum atomic E-state index is 14.0. The van der Waals surface area contributed by atoms with Gasteiger partial charge < -0.3 is 9.80 Å². The first-order valence-corrected chi connectivity index (χ1v) is 9.92. The molecule has 160 valence electrons. The minimum atomic E-state index is -1.66. The third-order valence-corrected chi connectivity index (χ3v) is 5.33. The van der Waals surface area contributed by atoms with Crippen molar-refractivity contribution in [2.24, 2.45) is 0 Å². The predicted octanol–water partition coefficient (Wildman–Crippen LogP) is 4.39. The number of amides is 2. The van der Waals surface area contributed by atoms with Gasteiger partial charge in [-0.2, -0.15) is 0 Å². The number of carbonyl (C=O) groups is 2. The molecule has 0 saturated carbocycles. The Morgan fingerprint density at radius 2 is 1.33 bits per heavy atom. The Labute approximate surface area is 174 Å². The summed E-state index contributed by atoms with van der Waals surface area (Å²) in [7, 11) is 0. The molecule has 1 fully saturated rings. The van der Waals surface area contributed by atoms with Crippen molar-refractivity contribution in [1.82, 2.24) is 9.80 Å². The van der Waals surface area contributed by atoms with E-state index in [1.807, 2.05) is 12.1 Å². The van der Waals surface area contributed by atoms with Crippen LogP contribution in [-0.2, 0) is 5.41 Å². The van der Waals surface area contributed by atoms with Crippen molar-refractivity contribution in [3.8, 4) is 0 Å². The van der Waals surface area contributed by atoms with Crippen molar-refractivity contribution < 1.29 is 22.8 Å². The van der Waals surface area contributed by atoms with E-state index in [9.17, 15) is 22.8 Å². The molecule has 0 atom stereocenters. The van der Waals surface area contributed by atoms with Crippen molar-refractivity contribution in [3.05, 3.63) is 70.5 Å². The van der Waals surface area contributed by atoms with E-state index in [0.29, 0.717) is 25.1 Å². The standard InChI is InChI=1S/C23H25F3N2O2/c1-23(2,3)16-7-5-15(6-8-16)21(29)27-11-4-12-28(14-13-27)22(30)17-9-10-18(24)20(26)19(17)25/h5-10H,4,11-14H2,1-3H3. The zero-order valence-corrected chi connectivity index (χ0v) is 17.3. The monoisotopic (exact) mass is 418 g/mol. The van der Waals surface area contributed by atoms with Crippen LogP contribution in [0.3, 0.4) is 0 Å². The Hall–Kier alpha value is -2.83. The third-order valence-electron chi connectivity index (χ3n) is 5.33. The predicted molar refractivity (Wildman–Crippen MR) is 108 cm³/mol. The number of carbonyl (C=O) groups excluding carboxylic acids is 2. The summed E-state index contributed by atoms with van der Waals surface area (Å²) in [6.45, 7) is 7.49. The third kappa shape index (κ3) is 4.50. The van der Waals surface area contributed by atoms with E-state index in [4.69, 9.17) is 0 Å². The van der Waals surface area contributed by atoms with Gasteiger partial charge in [-0.05, 0) is 41.7 Å². The lowest BCUT2D eigenvalue weighted by molar-refractivity contribution is 0.0715. The SMILES string of the molecule is CC(C)(C)c1ccc(C(=O)N2CCCN(C(=O)c3ccc(F)c(F)c3F)CC2)cc1. The molecule has 1 aliphatic heterocycles. The van der Waals surface area contributed by atoms with Crippen LogP contribution < -0.4 is 0 Å². The van der Waals surface area contributed by atoms with Crippen LogP contribution in [0, 0.1) is 17.5 Å². The summed E-state index contributed by atoms with van der Waals surface area (Å²) in [6.07, 6.45) is 0.503. The zero-order valence-electron chi connectivity index (χ0n) is 17.3. The molecular weight excluding hydrogens is 393 g/mol. The Balaban J connectivity index is 1.69. The molecule has 1 saturated heterocycles. The molecule has 0 aliphatic carbocycles. The number of rotatable bonds is 2. The van der Waals surface area contributed by atoms with Gasteiger partial charge in [-0.15, -0.1) is 0 Å². The highest BCUT2D eigenvalue weighted by Crippen LogP contribution is 2.23. The molecule has 2 amide bonds. The second-order valence-electron chi connectivity index (χ2n) is 8.49. The second-order valence-corrected chi connectivity index (χ2v) is 8.49. The van der Waals surface area contributed by atoms with Crippen LogP contribution in [0.2, 0.25) is 0 Å².